The summed E-state index contributed by atoms with van der Waals surface area (Å²) in [7, 11) is 0. The van der Waals surface area contributed by atoms with E-state index in [1.807, 2.05) is 0 Å². The number of Topliss-reactive ketones (excluding diaryl/α,β-unsaturated/α-hetero) is 2. The van der Waals surface area contributed by atoms with Gasteiger partial charge in [-0.05, 0) is 0 Å². The Kier molecular flexibility index (Phi) is 3.21. The summed E-state index contributed by atoms with van der Waals surface area (Å²) in [4.78, 5) is 20.8. The van der Waals surface area contributed by atoms with Crippen molar-refractivity contribution >= 4 is 11.6 Å². The molecule has 0 saturated heterocycles. The van der Waals surface area contributed by atoms with Gasteiger partial charge in [-0.25, -0.2) is 0 Å². The predicted molar refractivity (Wildman–Crippen MR) is 25.1 cm³/mol. The van der Waals surface area contributed by atoms with Crippen molar-refractivity contribution < 1.29 is 30.7 Å². The Bertz CT molecular complexity index is 106. The van der Waals surface area contributed by atoms with Crippen LogP contribution in [0, 0.1) is 0 Å². The molecule has 0 radical (unpaired) electrons. The van der Waals surface area contributed by atoms with Gasteiger partial charge in [-0.3, -0.25) is 0 Å². The zero-order chi connectivity index (χ0) is 6.73. The fourth-order valence-electron chi connectivity index (χ4n) is 0.286. The molecule has 2 nitrogen and oxygen atoms in total. The van der Waals surface area contributed by atoms with Crippen LogP contribution < -0.4 is 0 Å². The van der Waals surface area contributed by atoms with Crippen LogP contribution in [0.15, 0.2) is 0 Å². The molecule has 0 aromatic heterocycles. The number of hydrogen-bond donors (Lipinski definition) is 0. The zero-order valence-corrected chi connectivity index (χ0v) is 8.05. The van der Waals surface area contributed by atoms with Crippen LogP contribution in [0.2, 0.25) is 4.14 Å². The minimum atomic E-state index is -0.296. The second kappa shape index (κ2) is 3.17. The average molecular weight is 280 g/mol. The Balaban J connectivity index is 3.83. The number of carbonyl (C=O) groups is 2. The van der Waals surface area contributed by atoms with E-state index in [-0.39, 0.29) is 15.7 Å². The standard InChI is InChI=1S/C5H7O2.Ta/c1-4(6)3-5(2)7;/h3H,1-2H3;. The molecular formula is C5H7O2Ta. The van der Waals surface area contributed by atoms with E-state index in [1.165, 1.54) is 13.8 Å². The second-order valence-electron chi connectivity index (χ2n) is 1.62. The fraction of sp³-hybridized carbons (Fsp3) is 0.600. The number of ketones is 2. The molecule has 0 aromatic rings. The van der Waals surface area contributed by atoms with E-state index in [4.69, 9.17) is 0 Å². The van der Waals surface area contributed by atoms with Gasteiger partial charge in [0.15, 0.2) is 0 Å². The van der Waals surface area contributed by atoms with Crippen molar-refractivity contribution in [1.82, 2.24) is 0 Å². The first-order valence-corrected chi connectivity index (χ1v) is 4.10. The van der Waals surface area contributed by atoms with Gasteiger partial charge in [0.1, 0.15) is 0 Å². The van der Waals surface area contributed by atoms with E-state index in [0.717, 1.165) is 21.1 Å². The van der Waals surface area contributed by atoms with Gasteiger partial charge in [-0.15, -0.1) is 0 Å². The Hall–Kier alpha value is 0.0803. The molecule has 0 aliphatic heterocycles. The maximum absolute atomic E-state index is 10.4. The normalized spacial score (nSPS) is 9.38. The van der Waals surface area contributed by atoms with Crippen LogP contribution in [-0.4, -0.2) is 11.6 Å². The molecule has 0 rings (SSSR count). The van der Waals surface area contributed by atoms with Crippen LogP contribution in [-0.2, 0) is 30.7 Å². The summed E-state index contributed by atoms with van der Waals surface area (Å²) in [6, 6.07) is 0. The van der Waals surface area contributed by atoms with Crippen molar-refractivity contribution in [3.63, 3.8) is 0 Å². The van der Waals surface area contributed by atoms with Crippen LogP contribution in [0.4, 0.5) is 0 Å². The summed E-state index contributed by atoms with van der Waals surface area (Å²) in [5.41, 5.74) is 0. The Morgan fingerprint density at radius 3 is 1.50 bits per heavy atom. The van der Waals surface area contributed by atoms with Gasteiger partial charge in [0.05, 0.1) is 0 Å². The molecular weight excluding hydrogens is 273 g/mol. The molecule has 0 bridgehead atoms. The number of carbonyl (C=O) groups excluding carboxylic acids is 2. The first kappa shape index (κ1) is 8.08. The molecule has 0 atom stereocenters. The summed E-state index contributed by atoms with van der Waals surface area (Å²) in [6.45, 7) is 2.90. The molecule has 0 heterocycles. The fourth-order valence-corrected chi connectivity index (χ4v) is 0.286. The topological polar surface area (TPSA) is 34.1 Å². The van der Waals surface area contributed by atoms with E-state index in [2.05, 4.69) is 0 Å². The Morgan fingerprint density at radius 2 is 1.50 bits per heavy atom. The van der Waals surface area contributed by atoms with Gasteiger partial charge in [0.25, 0.3) is 0 Å². The Morgan fingerprint density at radius 1 is 1.25 bits per heavy atom. The third-order valence-electron chi connectivity index (χ3n) is 0.770. The number of rotatable bonds is 2. The van der Waals surface area contributed by atoms with Gasteiger partial charge in [0.2, 0.25) is 0 Å². The third-order valence-corrected chi connectivity index (χ3v) is 3.38. The molecule has 0 aromatic carbocycles. The van der Waals surface area contributed by atoms with Gasteiger partial charge in [-0.2, -0.15) is 0 Å². The summed E-state index contributed by atoms with van der Waals surface area (Å²) in [5.74, 6) is -0.0170. The molecule has 0 aliphatic carbocycles. The van der Waals surface area contributed by atoms with Crippen molar-refractivity contribution in [2.24, 2.45) is 0 Å². The molecule has 0 amide bonds. The van der Waals surface area contributed by atoms with Crippen LogP contribution in [0.1, 0.15) is 13.8 Å². The van der Waals surface area contributed by atoms with Crippen molar-refractivity contribution in [3.8, 4) is 0 Å². The predicted octanol–water partition coefficient (Wildman–Crippen LogP) is 0.500. The summed E-state index contributed by atoms with van der Waals surface area (Å²) >= 11 is 0.850. The van der Waals surface area contributed by atoms with E-state index in [1.54, 1.807) is 0 Å². The average Bonchev–Trinajstić information content (AvgIpc) is 1.64. The van der Waals surface area contributed by atoms with Crippen molar-refractivity contribution in [2.45, 2.75) is 18.0 Å². The van der Waals surface area contributed by atoms with Gasteiger partial charge < -0.3 is 0 Å². The van der Waals surface area contributed by atoms with Crippen molar-refractivity contribution in [2.75, 3.05) is 0 Å². The molecule has 44 valence electrons. The SMILES string of the molecule is CC(=O)[CH]([Ta])C(C)=O. The van der Waals surface area contributed by atoms with Gasteiger partial charge in [-0.1, -0.05) is 0 Å². The number of hydrogen-bond acceptors (Lipinski definition) is 2. The summed E-state index contributed by atoms with van der Waals surface area (Å²) < 4.78 is -0.296. The summed E-state index contributed by atoms with van der Waals surface area (Å²) in [5, 5.41) is 0. The summed E-state index contributed by atoms with van der Waals surface area (Å²) in [6.07, 6.45) is 0. The van der Waals surface area contributed by atoms with E-state index >= 15 is 0 Å². The van der Waals surface area contributed by atoms with Crippen LogP contribution in [0.3, 0.4) is 0 Å². The minimum absolute atomic E-state index is 0.00849. The van der Waals surface area contributed by atoms with Crippen molar-refractivity contribution in [1.29, 1.82) is 0 Å². The Labute approximate surface area is 60.6 Å². The first-order chi connectivity index (χ1) is 3.55. The molecule has 0 saturated carbocycles. The molecule has 8 heavy (non-hydrogen) atoms. The monoisotopic (exact) mass is 280 g/mol. The zero-order valence-electron chi connectivity index (χ0n) is 4.84. The molecule has 0 fully saturated rings. The van der Waals surface area contributed by atoms with E-state index < -0.39 is 0 Å². The van der Waals surface area contributed by atoms with E-state index in [0.29, 0.717) is 0 Å². The molecule has 3 heteroatoms. The second-order valence-corrected chi connectivity index (χ2v) is 3.48. The molecule has 0 N–H and O–H groups in total. The third kappa shape index (κ3) is 2.40. The van der Waals surface area contributed by atoms with Crippen LogP contribution >= 0.6 is 0 Å². The van der Waals surface area contributed by atoms with E-state index in [9.17, 15) is 9.59 Å². The molecule has 0 unspecified atom stereocenters. The first-order valence-electron chi connectivity index (χ1n) is 2.24. The van der Waals surface area contributed by atoms with Gasteiger partial charge >= 0.3 is 60.2 Å². The quantitative estimate of drug-likeness (QED) is 0.690. The van der Waals surface area contributed by atoms with Crippen LogP contribution in [0.25, 0.3) is 0 Å². The van der Waals surface area contributed by atoms with Crippen molar-refractivity contribution in [3.05, 3.63) is 0 Å². The molecule has 0 aliphatic rings. The van der Waals surface area contributed by atoms with Gasteiger partial charge in [0, 0.05) is 0 Å². The maximum atomic E-state index is 10.4. The van der Waals surface area contributed by atoms with Crippen LogP contribution in [0.5, 0.6) is 0 Å². The molecule has 0 spiro atoms.